The number of aryl methyl sites for hydroxylation is 1. The largest absolute Gasteiger partial charge is 0.452 e. The summed E-state index contributed by atoms with van der Waals surface area (Å²) < 4.78 is 6.66. The van der Waals surface area contributed by atoms with Crippen LogP contribution in [0.5, 0.6) is 0 Å². The molecule has 0 aliphatic rings. The topological polar surface area (TPSA) is 73.2 Å². The number of nitrogens with one attached hydrogen (secondary N) is 1. The molecule has 0 radical (unpaired) electrons. The third-order valence-electron chi connectivity index (χ3n) is 3.99. The van der Waals surface area contributed by atoms with Crippen molar-refractivity contribution in [2.45, 2.75) is 53.5 Å². The van der Waals surface area contributed by atoms with Gasteiger partial charge >= 0.3 is 5.97 Å². The molecule has 0 saturated carbocycles. The zero-order chi connectivity index (χ0) is 21.1. The number of hydrogen-bond donors (Lipinski definition) is 1. The molecular formula is C21H28ClN3O3. The van der Waals surface area contributed by atoms with Crippen LogP contribution in [-0.4, -0.2) is 33.8 Å². The lowest BCUT2D eigenvalue weighted by atomic mass is 9.82. The Hall–Kier alpha value is -2.34. The summed E-state index contributed by atoms with van der Waals surface area (Å²) in [5.41, 5.74) is 0.980. The van der Waals surface area contributed by atoms with Crippen LogP contribution in [0.25, 0.3) is 5.69 Å². The average Bonchev–Trinajstić information content (AvgIpc) is 2.85. The molecule has 0 bridgehead atoms. The maximum Gasteiger partial charge on any atom is 0.343 e. The van der Waals surface area contributed by atoms with E-state index < -0.39 is 11.5 Å². The van der Waals surface area contributed by atoms with Crippen molar-refractivity contribution in [3.8, 4) is 5.69 Å². The molecule has 28 heavy (non-hydrogen) atoms. The molecule has 0 saturated heterocycles. The summed E-state index contributed by atoms with van der Waals surface area (Å²) in [6, 6.07) is 9.24. The van der Waals surface area contributed by atoms with Gasteiger partial charge in [-0.05, 0) is 44.7 Å². The highest BCUT2D eigenvalue weighted by Gasteiger charge is 2.28. The zero-order valence-electron chi connectivity index (χ0n) is 17.3. The molecule has 6 nitrogen and oxygen atoms in total. The van der Waals surface area contributed by atoms with Gasteiger partial charge in [0.2, 0.25) is 0 Å². The minimum absolute atomic E-state index is 0.0596. The van der Waals surface area contributed by atoms with Gasteiger partial charge in [-0.1, -0.05) is 50.6 Å². The van der Waals surface area contributed by atoms with E-state index in [-0.39, 0.29) is 28.6 Å². The first-order chi connectivity index (χ1) is 12.9. The molecule has 1 amide bonds. The second-order valence-corrected chi connectivity index (χ2v) is 9.10. The second kappa shape index (κ2) is 8.35. The first-order valence-electron chi connectivity index (χ1n) is 9.18. The van der Waals surface area contributed by atoms with E-state index in [1.54, 1.807) is 6.92 Å². The van der Waals surface area contributed by atoms with Crippen LogP contribution in [-0.2, 0) is 9.53 Å². The van der Waals surface area contributed by atoms with E-state index in [1.165, 1.54) is 4.68 Å². The molecule has 0 atom stereocenters. The predicted molar refractivity (Wildman–Crippen MR) is 110 cm³/mol. The van der Waals surface area contributed by atoms with Crippen molar-refractivity contribution >= 4 is 23.5 Å². The molecule has 1 aromatic carbocycles. The van der Waals surface area contributed by atoms with Crippen LogP contribution in [0.2, 0.25) is 5.15 Å². The number of carbonyl (C=O) groups excluding carboxylic acids is 2. The number of hydrogen-bond acceptors (Lipinski definition) is 4. The van der Waals surface area contributed by atoms with Crippen LogP contribution in [0.1, 0.15) is 57.1 Å². The lowest BCUT2D eigenvalue weighted by Gasteiger charge is -2.33. The van der Waals surface area contributed by atoms with Crippen molar-refractivity contribution in [1.29, 1.82) is 0 Å². The molecule has 7 heteroatoms. The monoisotopic (exact) mass is 405 g/mol. The Balaban J connectivity index is 2.04. The lowest BCUT2D eigenvalue weighted by Crippen LogP contribution is -2.47. The van der Waals surface area contributed by atoms with E-state index in [1.807, 2.05) is 44.2 Å². The summed E-state index contributed by atoms with van der Waals surface area (Å²) in [4.78, 5) is 24.7. The van der Waals surface area contributed by atoms with Crippen molar-refractivity contribution in [1.82, 2.24) is 15.1 Å². The SMILES string of the molecule is Cc1nn(-c2ccccc2)c(Cl)c1C(=O)OCC(=O)NC(C)(C)CC(C)(C)C. The summed E-state index contributed by atoms with van der Waals surface area (Å²) in [5, 5.41) is 7.38. The van der Waals surface area contributed by atoms with E-state index in [0.717, 1.165) is 12.1 Å². The molecule has 0 aliphatic carbocycles. The van der Waals surface area contributed by atoms with Crippen LogP contribution in [0.3, 0.4) is 0 Å². The summed E-state index contributed by atoms with van der Waals surface area (Å²) in [6.45, 7) is 11.5. The quantitative estimate of drug-likeness (QED) is 0.726. The van der Waals surface area contributed by atoms with Gasteiger partial charge < -0.3 is 10.1 Å². The summed E-state index contributed by atoms with van der Waals surface area (Å²) in [7, 11) is 0. The van der Waals surface area contributed by atoms with Gasteiger partial charge in [0, 0.05) is 5.54 Å². The highest BCUT2D eigenvalue weighted by Crippen LogP contribution is 2.27. The summed E-state index contributed by atoms with van der Waals surface area (Å²) in [6.07, 6.45) is 0.786. The predicted octanol–water partition coefficient (Wildman–Crippen LogP) is 4.32. The van der Waals surface area contributed by atoms with E-state index >= 15 is 0 Å². The van der Waals surface area contributed by atoms with Gasteiger partial charge in [-0.15, -0.1) is 0 Å². The van der Waals surface area contributed by atoms with Crippen LogP contribution in [0.15, 0.2) is 30.3 Å². The first-order valence-corrected chi connectivity index (χ1v) is 9.56. The fraction of sp³-hybridized carbons (Fsp3) is 0.476. The number of rotatable bonds is 6. The van der Waals surface area contributed by atoms with Crippen LogP contribution >= 0.6 is 11.6 Å². The standard InChI is InChI=1S/C21H28ClN3O3/c1-14-17(18(22)25(24-14)15-10-8-7-9-11-15)19(27)28-12-16(26)23-21(5,6)13-20(2,3)4/h7-11H,12-13H2,1-6H3,(H,23,26). The number of benzene rings is 1. The van der Waals surface area contributed by atoms with Crippen molar-refractivity contribution in [3.63, 3.8) is 0 Å². The fourth-order valence-electron chi connectivity index (χ4n) is 3.46. The molecular weight excluding hydrogens is 378 g/mol. The zero-order valence-corrected chi connectivity index (χ0v) is 18.1. The summed E-state index contributed by atoms with van der Waals surface area (Å²) >= 11 is 6.35. The van der Waals surface area contributed by atoms with E-state index in [9.17, 15) is 9.59 Å². The molecule has 0 aliphatic heterocycles. The number of ether oxygens (including phenoxy) is 1. The number of halogens is 1. The smallest absolute Gasteiger partial charge is 0.343 e. The number of esters is 1. The maximum absolute atomic E-state index is 12.5. The van der Waals surface area contributed by atoms with Gasteiger partial charge in [0.1, 0.15) is 10.7 Å². The Labute approximate surface area is 171 Å². The first kappa shape index (κ1) is 22.0. The van der Waals surface area contributed by atoms with Crippen molar-refractivity contribution < 1.29 is 14.3 Å². The molecule has 0 spiro atoms. The minimum Gasteiger partial charge on any atom is -0.452 e. The van der Waals surface area contributed by atoms with Gasteiger partial charge in [0.05, 0.1) is 11.4 Å². The number of nitrogens with zero attached hydrogens (tertiary/aromatic N) is 2. The van der Waals surface area contributed by atoms with Crippen LogP contribution in [0, 0.1) is 12.3 Å². The van der Waals surface area contributed by atoms with Crippen molar-refractivity contribution in [3.05, 3.63) is 46.7 Å². The van der Waals surface area contributed by atoms with Gasteiger partial charge in [-0.2, -0.15) is 5.10 Å². The van der Waals surface area contributed by atoms with Gasteiger partial charge in [-0.3, -0.25) is 4.79 Å². The van der Waals surface area contributed by atoms with Gasteiger partial charge in [0.25, 0.3) is 5.91 Å². The minimum atomic E-state index is -0.673. The number of amides is 1. The lowest BCUT2D eigenvalue weighted by molar-refractivity contribution is -0.126. The van der Waals surface area contributed by atoms with Crippen LogP contribution < -0.4 is 5.32 Å². The molecule has 1 heterocycles. The fourth-order valence-corrected chi connectivity index (χ4v) is 3.81. The molecule has 0 fully saturated rings. The second-order valence-electron chi connectivity index (χ2n) is 8.74. The Morgan fingerprint density at radius 2 is 1.75 bits per heavy atom. The van der Waals surface area contributed by atoms with Crippen molar-refractivity contribution in [2.75, 3.05) is 6.61 Å². The molecule has 2 rings (SSSR count). The number of para-hydroxylation sites is 1. The Bertz CT molecular complexity index is 852. The highest BCUT2D eigenvalue weighted by atomic mass is 35.5. The third-order valence-corrected chi connectivity index (χ3v) is 4.34. The Morgan fingerprint density at radius 1 is 1.14 bits per heavy atom. The summed E-state index contributed by atoms with van der Waals surface area (Å²) in [5.74, 6) is -1.03. The van der Waals surface area contributed by atoms with E-state index in [4.69, 9.17) is 16.3 Å². The molecule has 1 N–H and O–H groups in total. The number of carbonyl (C=O) groups is 2. The molecule has 0 unspecified atom stereocenters. The van der Waals surface area contributed by atoms with Gasteiger partial charge in [0.15, 0.2) is 6.61 Å². The molecule has 1 aromatic heterocycles. The molecule has 152 valence electrons. The average molecular weight is 406 g/mol. The Kier molecular flexibility index (Phi) is 6.55. The third kappa shape index (κ3) is 5.83. The molecule has 2 aromatic rings. The van der Waals surface area contributed by atoms with Crippen LogP contribution in [0.4, 0.5) is 0 Å². The van der Waals surface area contributed by atoms with E-state index in [2.05, 4.69) is 31.2 Å². The van der Waals surface area contributed by atoms with E-state index in [0.29, 0.717) is 5.69 Å². The van der Waals surface area contributed by atoms with Crippen molar-refractivity contribution in [2.24, 2.45) is 5.41 Å². The highest BCUT2D eigenvalue weighted by molar-refractivity contribution is 6.33. The van der Waals surface area contributed by atoms with Gasteiger partial charge in [-0.25, -0.2) is 9.48 Å². The normalized spacial score (nSPS) is 12.0. The maximum atomic E-state index is 12.5. The Morgan fingerprint density at radius 3 is 2.32 bits per heavy atom. The number of aromatic nitrogens is 2.